The van der Waals surface area contributed by atoms with Crippen LogP contribution < -0.4 is 10.5 Å². The first-order chi connectivity index (χ1) is 9.26. The average molecular weight is 264 g/mol. The van der Waals surface area contributed by atoms with E-state index in [1.807, 2.05) is 24.3 Å². The Labute approximate surface area is 113 Å². The predicted molar refractivity (Wildman–Crippen MR) is 75.3 cm³/mol. The molecule has 2 N–H and O–H groups in total. The molecule has 0 bridgehead atoms. The standard InChI is InChI=1S/C14H20N2O3/c1-17-13-7-5-4-6-11(13)10-16-12(8-9-15)14(18-2)19-3/h4-9,14H,10,15H2,1-3H3/b9-8-,16-12?. The minimum atomic E-state index is -0.533. The molecular weight excluding hydrogens is 244 g/mol. The fraction of sp³-hybridized carbons (Fsp3) is 0.357. The third kappa shape index (κ3) is 4.39. The topological polar surface area (TPSA) is 66.1 Å². The van der Waals surface area contributed by atoms with E-state index in [1.54, 1.807) is 27.4 Å². The zero-order valence-electron chi connectivity index (χ0n) is 11.5. The van der Waals surface area contributed by atoms with Crippen LogP contribution in [-0.2, 0) is 16.0 Å². The van der Waals surface area contributed by atoms with E-state index in [9.17, 15) is 0 Å². The summed E-state index contributed by atoms with van der Waals surface area (Å²) >= 11 is 0. The molecule has 1 aromatic rings. The number of aliphatic imine (C=N–C) groups is 1. The molecule has 0 aliphatic heterocycles. The Kier molecular flexibility index (Phi) is 6.63. The second kappa shape index (κ2) is 8.29. The molecule has 1 aromatic carbocycles. The summed E-state index contributed by atoms with van der Waals surface area (Å²) in [6, 6.07) is 7.71. The van der Waals surface area contributed by atoms with Gasteiger partial charge in [0.25, 0.3) is 0 Å². The summed E-state index contributed by atoms with van der Waals surface area (Å²) < 4.78 is 15.6. The number of hydrogen-bond donors (Lipinski definition) is 1. The lowest BCUT2D eigenvalue weighted by atomic mass is 10.2. The number of nitrogens with two attached hydrogens (primary N) is 1. The average Bonchev–Trinajstić information content (AvgIpc) is 2.46. The molecule has 0 fully saturated rings. The van der Waals surface area contributed by atoms with Crippen LogP contribution in [0.1, 0.15) is 5.56 Å². The lowest BCUT2D eigenvalue weighted by Crippen LogP contribution is -2.23. The molecule has 0 spiro atoms. The minimum absolute atomic E-state index is 0.465. The molecule has 19 heavy (non-hydrogen) atoms. The summed E-state index contributed by atoms with van der Waals surface area (Å²) in [6.07, 6.45) is 2.54. The van der Waals surface area contributed by atoms with Gasteiger partial charge in [0.15, 0.2) is 6.29 Å². The molecule has 0 amide bonds. The Morgan fingerprint density at radius 1 is 1.26 bits per heavy atom. The molecule has 0 atom stereocenters. The molecule has 1 rings (SSSR count). The van der Waals surface area contributed by atoms with Gasteiger partial charge in [0.2, 0.25) is 0 Å². The molecule has 0 radical (unpaired) electrons. The molecule has 0 unspecified atom stereocenters. The number of hydrogen-bond acceptors (Lipinski definition) is 5. The van der Waals surface area contributed by atoms with Crippen LogP contribution in [0, 0.1) is 0 Å². The van der Waals surface area contributed by atoms with Crippen molar-refractivity contribution in [1.82, 2.24) is 0 Å². The van der Waals surface area contributed by atoms with Gasteiger partial charge in [0.1, 0.15) is 5.75 Å². The van der Waals surface area contributed by atoms with Crippen molar-refractivity contribution in [3.8, 4) is 5.75 Å². The van der Waals surface area contributed by atoms with Crippen LogP contribution in [-0.4, -0.2) is 33.3 Å². The third-order valence-electron chi connectivity index (χ3n) is 2.56. The minimum Gasteiger partial charge on any atom is -0.496 e. The lowest BCUT2D eigenvalue weighted by Gasteiger charge is -2.14. The van der Waals surface area contributed by atoms with Crippen LogP contribution in [0.3, 0.4) is 0 Å². The van der Waals surface area contributed by atoms with Crippen LogP contribution >= 0.6 is 0 Å². The van der Waals surface area contributed by atoms with Gasteiger partial charge in [0, 0.05) is 19.8 Å². The molecule has 5 heteroatoms. The van der Waals surface area contributed by atoms with Crippen molar-refractivity contribution in [1.29, 1.82) is 0 Å². The zero-order valence-corrected chi connectivity index (χ0v) is 11.5. The highest BCUT2D eigenvalue weighted by Crippen LogP contribution is 2.18. The monoisotopic (exact) mass is 264 g/mol. The lowest BCUT2D eigenvalue weighted by molar-refractivity contribution is -0.0514. The number of nitrogens with zero attached hydrogens (tertiary/aromatic N) is 1. The van der Waals surface area contributed by atoms with E-state index in [2.05, 4.69) is 4.99 Å². The van der Waals surface area contributed by atoms with Crippen molar-refractivity contribution in [3.63, 3.8) is 0 Å². The zero-order chi connectivity index (χ0) is 14.1. The van der Waals surface area contributed by atoms with Gasteiger partial charge in [-0.25, -0.2) is 0 Å². The van der Waals surface area contributed by atoms with Crippen molar-refractivity contribution in [2.75, 3.05) is 21.3 Å². The van der Waals surface area contributed by atoms with Crippen LogP contribution in [0.2, 0.25) is 0 Å². The summed E-state index contributed by atoms with van der Waals surface area (Å²) in [5.74, 6) is 0.800. The van der Waals surface area contributed by atoms with Gasteiger partial charge < -0.3 is 19.9 Å². The molecular formula is C14H20N2O3. The number of rotatable bonds is 7. The SMILES string of the molecule is COc1ccccc1CN=C(/C=C\N)C(OC)OC. The van der Waals surface area contributed by atoms with Gasteiger partial charge >= 0.3 is 0 Å². The van der Waals surface area contributed by atoms with Crippen molar-refractivity contribution in [3.05, 3.63) is 42.1 Å². The Balaban J connectivity index is 2.91. The van der Waals surface area contributed by atoms with E-state index in [4.69, 9.17) is 19.9 Å². The second-order valence-electron chi connectivity index (χ2n) is 3.72. The van der Waals surface area contributed by atoms with Crippen molar-refractivity contribution in [2.24, 2.45) is 10.7 Å². The fourth-order valence-corrected chi connectivity index (χ4v) is 1.65. The number of ether oxygens (including phenoxy) is 3. The molecule has 5 nitrogen and oxygen atoms in total. The van der Waals surface area contributed by atoms with Gasteiger partial charge in [-0.2, -0.15) is 0 Å². The Morgan fingerprint density at radius 3 is 2.53 bits per heavy atom. The molecule has 0 aromatic heterocycles. The number of para-hydroxylation sites is 1. The molecule has 0 aliphatic rings. The maximum absolute atomic E-state index is 5.40. The quantitative estimate of drug-likeness (QED) is 0.601. The summed E-state index contributed by atoms with van der Waals surface area (Å²) in [5, 5.41) is 0. The van der Waals surface area contributed by atoms with Gasteiger partial charge in [-0.05, 0) is 18.3 Å². The first-order valence-corrected chi connectivity index (χ1v) is 5.87. The first kappa shape index (κ1) is 15.2. The van der Waals surface area contributed by atoms with Crippen LogP contribution in [0.25, 0.3) is 0 Å². The highest BCUT2D eigenvalue weighted by atomic mass is 16.7. The number of benzene rings is 1. The molecule has 0 saturated carbocycles. The highest BCUT2D eigenvalue weighted by Gasteiger charge is 2.11. The van der Waals surface area contributed by atoms with Gasteiger partial charge in [0.05, 0.1) is 19.4 Å². The molecule has 0 aliphatic carbocycles. The summed E-state index contributed by atoms with van der Waals surface area (Å²) in [5.41, 5.74) is 7.01. The van der Waals surface area contributed by atoms with Crippen molar-refractivity contribution < 1.29 is 14.2 Å². The van der Waals surface area contributed by atoms with Gasteiger partial charge in [-0.1, -0.05) is 18.2 Å². The Morgan fingerprint density at radius 2 is 1.95 bits per heavy atom. The third-order valence-corrected chi connectivity index (χ3v) is 2.56. The normalized spacial score (nSPS) is 12.3. The van der Waals surface area contributed by atoms with Gasteiger partial charge in [-0.15, -0.1) is 0 Å². The summed E-state index contributed by atoms with van der Waals surface area (Å²) in [4.78, 5) is 4.45. The Hall–Kier alpha value is -1.85. The van der Waals surface area contributed by atoms with E-state index in [0.29, 0.717) is 12.3 Å². The van der Waals surface area contributed by atoms with Crippen LogP contribution in [0.15, 0.2) is 41.5 Å². The van der Waals surface area contributed by atoms with Crippen molar-refractivity contribution in [2.45, 2.75) is 12.8 Å². The van der Waals surface area contributed by atoms with E-state index < -0.39 is 6.29 Å². The summed E-state index contributed by atoms with van der Waals surface area (Å²) in [7, 11) is 4.74. The Bertz CT molecular complexity index is 440. The molecule has 104 valence electrons. The van der Waals surface area contributed by atoms with Crippen LogP contribution in [0.4, 0.5) is 0 Å². The van der Waals surface area contributed by atoms with E-state index >= 15 is 0 Å². The smallest absolute Gasteiger partial charge is 0.200 e. The second-order valence-corrected chi connectivity index (χ2v) is 3.72. The van der Waals surface area contributed by atoms with E-state index in [1.165, 1.54) is 6.20 Å². The van der Waals surface area contributed by atoms with E-state index in [-0.39, 0.29) is 0 Å². The largest absolute Gasteiger partial charge is 0.496 e. The van der Waals surface area contributed by atoms with Crippen molar-refractivity contribution >= 4 is 5.71 Å². The van der Waals surface area contributed by atoms with E-state index in [0.717, 1.165) is 11.3 Å². The number of methoxy groups -OCH3 is 3. The first-order valence-electron chi connectivity index (χ1n) is 5.87. The molecule has 0 saturated heterocycles. The molecule has 0 heterocycles. The fourth-order valence-electron chi connectivity index (χ4n) is 1.65. The summed E-state index contributed by atoms with van der Waals surface area (Å²) in [6.45, 7) is 0.465. The predicted octanol–water partition coefficient (Wildman–Crippen LogP) is 1.73. The highest BCUT2D eigenvalue weighted by molar-refractivity contribution is 5.97. The maximum Gasteiger partial charge on any atom is 0.200 e. The van der Waals surface area contributed by atoms with Crippen LogP contribution in [0.5, 0.6) is 5.75 Å². The maximum atomic E-state index is 5.40. The van der Waals surface area contributed by atoms with Gasteiger partial charge in [-0.3, -0.25) is 4.99 Å².